The van der Waals surface area contributed by atoms with Gasteiger partial charge in [-0.25, -0.2) is 0 Å². The van der Waals surface area contributed by atoms with Gasteiger partial charge in [-0.05, 0) is 74.1 Å². The molecule has 1 aliphatic heterocycles. The van der Waals surface area contributed by atoms with Gasteiger partial charge in [-0.2, -0.15) is 0 Å². The Kier molecular flexibility index (Phi) is 4.38. The fourth-order valence-corrected chi connectivity index (χ4v) is 5.58. The van der Waals surface area contributed by atoms with Gasteiger partial charge in [0.2, 0.25) is 5.91 Å². The zero-order valence-electron chi connectivity index (χ0n) is 17.0. The summed E-state index contributed by atoms with van der Waals surface area (Å²) in [5, 5.41) is 5.83. The molecule has 154 valence electrons. The molecule has 5 atom stereocenters. The summed E-state index contributed by atoms with van der Waals surface area (Å²) < 4.78 is 5.42. The first kappa shape index (κ1) is 18.9. The molecule has 0 unspecified atom stereocenters. The van der Waals surface area contributed by atoms with Crippen LogP contribution in [-0.4, -0.2) is 23.9 Å². The minimum atomic E-state index is -0.339. The van der Waals surface area contributed by atoms with Crippen LogP contribution in [0.25, 0.3) is 0 Å². The number of esters is 1. The number of carbonyl (C=O) groups excluding carboxylic acids is 3. The van der Waals surface area contributed by atoms with Crippen LogP contribution in [0.4, 0.5) is 11.4 Å². The number of nitrogens with one attached hydrogen (secondary N) is 2. The summed E-state index contributed by atoms with van der Waals surface area (Å²) in [5.74, 6) is -0.888. The highest BCUT2D eigenvalue weighted by Gasteiger charge is 2.63. The first-order valence-corrected chi connectivity index (χ1v) is 10.4. The third-order valence-electron chi connectivity index (χ3n) is 6.66. The van der Waals surface area contributed by atoms with Crippen molar-refractivity contribution in [2.45, 2.75) is 32.8 Å². The van der Waals surface area contributed by atoms with Crippen LogP contribution in [0.5, 0.6) is 0 Å². The first-order chi connectivity index (χ1) is 14.4. The highest BCUT2D eigenvalue weighted by atomic mass is 16.6. The van der Waals surface area contributed by atoms with Crippen LogP contribution in [0.2, 0.25) is 0 Å². The van der Waals surface area contributed by atoms with E-state index in [1.165, 1.54) is 0 Å². The molecule has 2 aliphatic carbocycles. The predicted octanol–water partition coefficient (Wildman–Crippen LogP) is 3.69. The number of amides is 2. The van der Waals surface area contributed by atoms with Crippen molar-refractivity contribution in [1.29, 1.82) is 0 Å². The number of ether oxygens (including phenoxy) is 1. The van der Waals surface area contributed by atoms with Crippen LogP contribution in [0, 0.1) is 37.5 Å². The maximum absolute atomic E-state index is 13.0. The highest BCUT2D eigenvalue weighted by Crippen LogP contribution is 2.57. The Bertz CT molecular complexity index is 1040. The minimum Gasteiger partial charge on any atom is -0.462 e. The molecule has 0 aromatic heterocycles. The van der Waals surface area contributed by atoms with Crippen LogP contribution >= 0.6 is 0 Å². The van der Waals surface area contributed by atoms with Crippen molar-refractivity contribution in [2.24, 2.45) is 23.7 Å². The van der Waals surface area contributed by atoms with E-state index >= 15 is 0 Å². The smallest absolute Gasteiger partial charge is 0.310 e. The van der Waals surface area contributed by atoms with Crippen LogP contribution < -0.4 is 10.6 Å². The van der Waals surface area contributed by atoms with Gasteiger partial charge < -0.3 is 15.4 Å². The van der Waals surface area contributed by atoms with Crippen molar-refractivity contribution in [1.82, 2.24) is 0 Å². The van der Waals surface area contributed by atoms with Gasteiger partial charge in [0.15, 0.2) is 0 Å². The first-order valence-electron chi connectivity index (χ1n) is 10.4. The Morgan fingerprint density at radius 2 is 1.73 bits per heavy atom. The summed E-state index contributed by atoms with van der Waals surface area (Å²) >= 11 is 0. The topological polar surface area (TPSA) is 84.5 Å². The highest BCUT2D eigenvalue weighted by molar-refractivity contribution is 6.05. The summed E-state index contributed by atoms with van der Waals surface area (Å²) in [6.07, 6.45) is 1.68. The summed E-state index contributed by atoms with van der Waals surface area (Å²) in [4.78, 5) is 37.8. The third kappa shape index (κ3) is 3.16. The minimum absolute atomic E-state index is 0.00818. The maximum Gasteiger partial charge on any atom is 0.310 e. The van der Waals surface area contributed by atoms with Gasteiger partial charge in [0.1, 0.15) is 6.10 Å². The van der Waals surface area contributed by atoms with Crippen LogP contribution in [0.1, 0.15) is 34.3 Å². The molecule has 2 saturated carbocycles. The van der Waals surface area contributed by atoms with E-state index in [1.54, 1.807) is 24.3 Å². The number of anilines is 2. The normalized spacial score (nSPS) is 28.3. The van der Waals surface area contributed by atoms with Crippen molar-refractivity contribution in [3.63, 3.8) is 0 Å². The summed E-state index contributed by atoms with van der Waals surface area (Å²) in [5.41, 5.74) is 3.90. The zero-order valence-corrected chi connectivity index (χ0v) is 17.0. The van der Waals surface area contributed by atoms with Gasteiger partial charge in [-0.15, -0.1) is 0 Å². The predicted molar refractivity (Wildman–Crippen MR) is 112 cm³/mol. The molecule has 1 saturated heterocycles. The number of benzene rings is 2. The second kappa shape index (κ2) is 6.97. The van der Waals surface area contributed by atoms with E-state index in [2.05, 4.69) is 10.6 Å². The fraction of sp³-hybridized carbons (Fsp3) is 0.375. The molecule has 6 nitrogen and oxygen atoms in total. The standard InChI is InChI=1S/C24H24N2O4/c1-12-6-13(2)8-17(7-12)26-22(27)14-4-3-5-16(9-14)25-23(28)20-15-10-18-19(11-15)30-24(29)21(18)20/h3-9,15,18-21H,10-11H2,1-2H3,(H,25,28)(H,26,27)/t15-,18+,19+,20-,21-/m1/s1. The molecule has 3 fully saturated rings. The lowest BCUT2D eigenvalue weighted by Crippen LogP contribution is -2.35. The summed E-state index contributed by atoms with van der Waals surface area (Å²) in [7, 11) is 0. The zero-order chi connectivity index (χ0) is 21.0. The Morgan fingerprint density at radius 1 is 0.967 bits per heavy atom. The van der Waals surface area contributed by atoms with E-state index in [9.17, 15) is 14.4 Å². The summed E-state index contributed by atoms with van der Waals surface area (Å²) in [6, 6.07) is 12.8. The van der Waals surface area contributed by atoms with E-state index in [0.717, 1.165) is 29.7 Å². The molecule has 1 heterocycles. The molecule has 2 amide bonds. The number of hydrogen-bond acceptors (Lipinski definition) is 4. The van der Waals surface area contributed by atoms with Crippen LogP contribution in [0.3, 0.4) is 0 Å². The number of fused-ring (bicyclic) bond motifs is 1. The molecule has 30 heavy (non-hydrogen) atoms. The molecular weight excluding hydrogens is 380 g/mol. The van der Waals surface area contributed by atoms with Gasteiger partial charge in [0.05, 0.1) is 11.8 Å². The largest absolute Gasteiger partial charge is 0.462 e. The quantitative estimate of drug-likeness (QED) is 0.761. The molecule has 2 aromatic carbocycles. The lowest BCUT2D eigenvalue weighted by molar-refractivity contribution is -0.145. The lowest BCUT2D eigenvalue weighted by atomic mass is 9.79. The molecule has 0 radical (unpaired) electrons. The Balaban J connectivity index is 1.30. The van der Waals surface area contributed by atoms with Gasteiger partial charge >= 0.3 is 5.97 Å². The van der Waals surface area contributed by atoms with E-state index in [-0.39, 0.29) is 47.6 Å². The number of carbonyl (C=O) groups is 3. The van der Waals surface area contributed by atoms with Gasteiger partial charge in [-0.1, -0.05) is 12.1 Å². The van der Waals surface area contributed by atoms with E-state index < -0.39 is 0 Å². The Labute approximate surface area is 175 Å². The number of aryl methyl sites for hydroxylation is 2. The monoisotopic (exact) mass is 404 g/mol. The van der Waals surface area contributed by atoms with Gasteiger partial charge in [0, 0.05) is 22.9 Å². The SMILES string of the molecule is Cc1cc(C)cc(NC(=O)c2cccc(NC(=O)[C@@H]3[C@@H]4C[C@@H]5[C@H]3C(=O)O[C@H]5C4)c2)c1. The van der Waals surface area contributed by atoms with Gasteiger partial charge in [-0.3, -0.25) is 14.4 Å². The van der Waals surface area contributed by atoms with Gasteiger partial charge in [0.25, 0.3) is 5.91 Å². The lowest BCUT2D eigenvalue weighted by Gasteiger charge is -2.23. The van der Waals surface area contributed by atoms with Crippen molar-refractivity contribution in [2.75, 3.05) is 10.6 Å². The van der Waals surface area contributed by atoms with Crippen molar-refractivity contribution < 1.29 is 19.1 Å². The second-order valence-corrected chi connectivity index (χ2v) is 8.82. The average Bonchev–Trinajstić information content (AvgIpc) is 3.30. The van der Waals surface area contributed by atoms with Crippen molar-refractivity contribution in [3.8, 4) is 0 Å². The van der Waals surface area contributed by atoms with Crippen LogP contribution in [-0.2, 0) is 14.3 Å². The number of hydrogen-bond donors (Lipinski definition) is 2. The fourth-order valence-electron chi connectivity index (χ4n) is 5.58. The molecule has 3 aliphatic rings. The van der Waals surface area contributed by atoms with E-state index in [0.29, 0.717) is 11.3 Å². The average molecular weight is 404 g/mol. The van der Waals surface area contributed by atoms with Crippen LogP contribution in [0.15, 0.2) is 42.5 Å². The van der Waals surface area contributed by atoms with E-state index in [1.807, 2.05) is 32.0 Å². The summed E-state index contributed by atoms with van der Waals surface area (Å²) in [6.45, 7) is 3.97. The number of rotatable bonds is 4. The molecule has 2 aromatic rings. The molecular formula is C24H24N2O4. The van der Waals surface area contributed by atoms with Crippen molar-refractivity contribution >= 4 is 29.2 Å². The molecule has 2 N–H and O–H groups in total. The molecule has 0 spiro atoms. The Morgan fingerprint density at radius 3 is 2.50 bits per heavy atom. The molecule has 6 heteroatoms. The van der Waals surface area contributed by atoms with E-state index in [4.69, 9.17) is 4.74 Å². The third-order valence-corrected chi connectivity index (χ3v) is 6.66. The second-order valence-electron chi connectivity index (χ2n) is 8.82. The molecule has 5 rings (SSSR count). The maximum atomic E-state index is 13.0. The Hall–Kier alpha value is -3.15. The molecule has 2 bridgehead atoms. The van der Waals surface area contributed by atoms with Crippen molar-refractivity contribution in [3.05, 3.63) is 59.2 Å².